The molecule has 2 aliphatic rings. The number of nitrogens with one attached hydrogen (secondary N) is 1. The van der Waals surface area contributed by atoms with Gasteiger partial charge in [-0.05, 0) is 66.8 Å². The minimum absolute atomic E-state index is 0.192. The van der Waals surface area contributed by atoms with Crippen molar-refractivity contribution in [3.05, 3.63) is 84.3 Å². The number of nitrogens with zero attached hydrogens (tertiary/aromatic N) is 4. The first-order valence-corrected chi connectivity index (χ1v) is 13.1. The Bertz CT molecular complexity index is 1600. The molecule has 1 aliphatic carbocycles. The van der Waals surface area contributed by atoms with Crippen LogP contribution in [0.25, 0.3) is 28.1 Å². The van der Waals surface area contributed by atoms with Crippen LogP contribution in [0.15, 0.2) is 78.3 Å². The third kappa shape index (κ3) is 4.85. The van der Waals surface area contributed by atoms with Gasteiger partial charge in [0, 0.05) is 41.7 Å². The fraction of sp³-hybridized carbons (Fsp3) is 0.233. The Morgan fingerprint density at radius 1 is 1.00 bits per heavy atom. The zero-order chi connectivity index (χ0) is 27.6. The number of aromatic nitrogens is 3. The van der Waals surface area contributed by atoms with Crippen molar-refractivity contribution in [3.8, 4) is 33.8 Å². The summed E-state index contributed by atoms with van der Waals surface area (Å²) in [5.74, 6) is -1.01. The van der Waals surface area contributed by atoms with E-state index in [1.165, 1.54) is 0 Å². The predicted molar refractivity (Wildman–Crippen MR) is 145 cm³/mol. The van der Waals surface area contributed by atoms with Crippen LogP contribution in [0.1, 0.15) is 30.4 Å². The number of rotatable bonds is 7. The predicted octanol–water partition coefficient (Wildman–Crippen LogP) is 3.96. The molecule has 2 aromatic heterocycles. The Labute approximate surface area is 229 Å². The number of fused-ring (bicyclic) bond motifs is 1. The van der Waals surface area contributed by atoms with Gasteiger partial charge in [-0.1, -0.05) is 23.4 Å². The van der Waals surface area contributed by atoms with Crippen LogP contribution in [-0.2, 0) is 21.1 Å². The highest BCUT2D eigenvalue weighted by molar-refractivity contribution is 6.04. The summed E-state index contributed by atoms with van der Waals surface area (Å²) in [5.41, 5.74) is 7.23. The Morgan fingerprint density at radius 2 is 1.80 bits per heavy atom. The number of carbonyl (C=O) groups excluding carboxylic acids is 2. The molecule has 1 fully saturated rings. The molecule has 2 unspecified atom stereocenters. The van der Waals surface area contributed by atoms with Crippen LogP contribution < -0.4 is 10.1 Å². The fourth-order valence-electron chi connectivity index (χ4n) is 5.33. The first-order valence-electron chi connectivity index (χ1n) is 13.1. The average molecular weight is 537 g/mol. The van der Waals surface area contributed by atoms with E-state index < -0.39 is 24.5 Å². The highest BCUT2D eigenvalue weighted by Crippen LogP contribution is 2.35. The van der Waals surface area contributed by atoms with Crippen molar-refractivity contribution in [1.29, 1.82) is 0 Å². The van der Waals surface area contributed by atoms with Crippen molar-refractivity contribution in [2.45, 2.75) is 31.8 Å². The maximum absolute atomic E-state index is 12.2. The van der Waals surface area contributed by atoms with Crippen molar-refractivity contribution >= 4 is 17.5 Å². The summed E-state index contributed by atoms with van der Waals surface area (Å²) in [5, 5.41) is 31.8. The lowest BCUT2D eigenvalue weighted by molar-refractivity contribution is -0.140. The molecule has 6 rings (SSSR count). The monoisotopic (exact) mass is 536 g/mol. The smallest absolute Gasteiger partial charge is 0.233 e. The van der Waals surface area contributed by atoms with Crippen molar-refractivity contribution < 1.29 is 24.6 Å². The van der Waals surface area contributed by atoms with Gasteiger partial charge in [0.25, 0.3) is 0 Å². The van der Waals surface area contributed by atoms with E-state index >= 15 is 0 Å². The first-order chi connectivity index (χ1) is 19.5. The molecule has 0 saturated carbocycles. The van der Waals surface area contributed by atoms with Crippen molar-refractivity contribution in [2.75, 3.05) is 6.61 Å². The van der Waals surface area contributed by atoms with E-state index in [1.807, 2.05) is 42.6 Å². The van der Waals surface area contributed by atoms with Crippen LogP contribution in [-0.4, -0.2) is 50.2 Å². The molecular weight excluding hydrogens is 510 g/mol. The number of carbonyl (C=O) groups is 2. The molecule has 10 heteroatoms. The SMILES string of the molecule is [O]CC(Oc1ccc(-n2cc(-c3ccc4c(c3)CC/C4=N\O)c(-c3ccncc3)n2)cc1)C1CCC(=O)NC1=O. The van der Waals surface area contributed by atoms with E-state index in [9.17, 15) is 19.9 Å². The lowest BCUT2D eigenvalue weighted by atomic mass is 9.92. The summed E-state index contributed by atoms with van der Waals surface area (Å²) in [4.78, 5) is 27.8. The van der Waals surface area contributed by atoms with Gasteiger partial charge in [0.15, 0.2) is 0 Å². The number of aryl methyl sites for hydroxylation is 1. The molecule has 2 atom stereocenters. The summed E-state index contributed by atoms with van der Waals surface area (Å²) in [6.07, 6.45) is 6.55. The molecule has 1 saturated heterocycles. The van der Waals surface area contributed by atoms with Crippen LogP contribution in [0.5, 0.6) is 5.75 Å². The normalized spacial score (nSPS) is 18.4. The van der Waals surface area contributed by atoms with Crippen molar-refractivity contribution in [3.63, 3.8) is 0 Å². The lowest BCUT2D eigenvalue weighted by Gasteiger charge is -2.27. The van der Waals surface area contributed by atoms with Gasteiger partial charge in [-0.15, -0.1) is 0 Å². The maximum atomic E-state index is 12.2. The van der Waals surface area contributed by atoms with Gasteiger partial charge in [-0.2, -0.15) is 5.10 Å². The molecule has 201 valence electrons. The molecule has 0 spiro atoms. The van der Waals surface area contributed by atoms with E-state index in [2.05, 4.69) is 21.5 Å². The second-order valence-electron chi connectivity index (χ2n) is 9.86. The second kappa shape index (κ2) is 10.7. The molecule has 10 nitrogen and oxygen atoms in total. The van der Waals surface area contributed by atoms with Crippen molar-refractivity contribution in [2.24, 2.45) is 11.1 Å². The number of hydrogen-bond donors (Lipinski definition) is 2. The second-order valence-corrected chi connectivity index (χ2v) is 9.86. The van der Waals surface area contributed by atoms with Gasteiger partial charge in [0.05, 0.1) is 17.3 Å². The number of imide groups is 1. The van der Waals surface area contributed by atoms with Crippen LogP contribution in [0.2, 0.25) is 0 Å². The number of piperidine rings is 1. The molecule has 0 bridgehead atoms. The Hall–Kier alpha value is -4.83. The number of oxime groups is 1. The van der Waals surface area contributed by atoms with E-state index in [1.54, 1.807) is 29.2 Å². The van der Waals surface area contributed by atoms with E-state index in [0.717, 1.165) is 45.6 Å². The number of benzene rings is 2. The number of amides is 2. The summed E-state index contributed by atoms with van der Waals surface area (Å²) >= 11 is 0. The van der Waals surface area contributed by atoms with Gasteiger partial charge in [0.1, 0.15) is 24.2 Å². The number of ether oxygens (including phenoxy) is 1. The van der Waals surface area contributed by atoms with E-state index in [-0.39, 0.29) is 12.3 Å². The zero-order valence-electron chi connectivity index (χ0n) is 21.5. The third-order valence-electron chi connectivity index (χ3n) is 7.43. The van der Waals surface area contributed by atoms with Gasteiger partial charge in [-0.25, -0.2) is 9.79 Å². The van der Waals surface area contributed by atoms with Crippen LogP contribution in [0, 0.1) is 5.92 Å². The van der Waals surface area contributed by atoms with Crippen LogP contribution in [0.4, 0.5) is 0 Å². The Balaban J connectivity index is 1.30. The van der Waals surface area contributed by atoms with Crippen molar-refractivity contribution in [1.82, 2.24) is 20.1 Å². The summed E-state index contributed by atoms with van der Waals surface area (Å²) in [6.45, 7) is -0.599. The molecule has 3 heterocycles. The number of hydrogen-bond acceptors (Lipinski definition) is 7. The Kier molecular flexibility index (Phi) is 6.83. The molecular formula is C30H26N5O5. The molecule has 1 radical (unpaired) electrons. The van der Waals surface area contributed by atoms with Crippen LogP contribution in [0.3, 0.4) is 0 Å². The maximum Gasteiger partial charge on any atom is 0.233 e. The summed E-state index contributed by atoms with van der Waals surface area (Å²) in [6, 6.07) is 17.1. The zero-order valence-corrected chi connectivity index (χ0v) is 21.5. The van der Waals surface area contributed by atoms with Gasteiger partial charge >= 0.3 is 0 Å². The minimum atomic E-state index is -0.871. The van der Waals surface area contributed by atoms with Gasteiger partial charge < -0.3 is 9.94 Å². The molecule has 2 N–H and O–H groups in total. The molecule has 40 heavy (non-hydrogen) atoms. The molecule has 2 amide bonds. The fourth-order valence-corrected chi connectivity index (χ4v) is 5.33. The van der Waals surface area contributed by atoms with Gasteiger partial charge in [-0.3, -0.25) is 19.9 Å². The quantitative estimate of drug-likeness (QED) is 0.208. The molecule has 4 aromatic rings. The topological polar surface area (TPSA) is 139 Å². The first kappa shape index (κ1) is 25.4. The standard InChI is InChI=1S/C30H26N5O5/c36-17-27(24-8-10-28(37)32-30(24)38)40-22-5-3-21(4-6-22)35-16-25(29(33-35)18-11-13-31-14-12-18)20-1-7-23-19(15-20)2-9-26(23)34-39/h1,3-7,11-16,24,27,39H,2,8-10,17H2,(H,32,37,38)/b34-26+. The third-order valence-corrected chi connectivity index (χ3v) is 7.43. The number of pyridine rings is 1. The lowest BCUT2D eigenvalue weighted by Crippen LogP contribution is -2.48. The Morgan fingerprint density at radius 3 is 2.52 bits per heavy atom. The summed E-state index contributed by atoms with van der Waals surface area (Å²) < 4.78 is 7.66. The van der Waals surface area contributed by atoms with Crippen LogP contribution >= 0.6 is 0 Å². The summed E-state index contributed by atoms with van der Waals surface area (Å²) in [7, 11) is 0. The van der Waals surface area contributed by atoms with E-state index in [4.69, 9.17) is 9.84 Å². The highest BCUT2D eigenvalue weighted by Gasteiger charge is 2.35. The van der Waals surface area contributed by atoms with E-state index in [0.29, 0.717) is 24.3 Å². The molecule has 2 aromatic carbocycles. The van der Waals surface area contributed by atoms with Gasteiger partial charge in [0.2, 0.25) is 11.8 Å². The molecule has 1 aliphatic heterocycles. The minimum Gasteiger partial charge on any atom is -0.487 e. The highest BCUT2D eigenvalue weighted by atomic mass is 16.5. The average Bonchev–Trinajstić information content (AvgIpc) is 3.61. The largest absolute Gasteiger partial charge is 0.487 e.